The minimum atomic E-state index is 0.863. The number of aromatic nitrogens is 1. The maximum Gasteiger partial charge on any atom is 0.128 e. The van der Waals surface area contributed by atoms with Crippen molar-refractivity contribution < 1.29 is 0 Å². The van der Waals surface area contributed by atoms with Gasteiger partial charge in [-0.1, -0.05) is 25.3 Å². The summed E-state index contributed by atoms with van der Waals surface area (Å²) in [5.74, 6) is 1.96. The average molecular weight is 247 g/mol. The summed E-state index contributed by atoms with van der Waals surface area (Å²) in [5, 5.41) is 3.14. The minimum Gasteiger partial charge on any atom is -0.359 e. The fourth-order valence-corrected chi connectivity index (χ4v) is 2.80. The van der Waals surface area contributed by atoms with Gasteiger partial charge in [-0.15, -0.1) is 0 Å². The Labute approximate surface area is 111 Å². The zero-order valence-electron chi connectivity index (χ0n) is 11.7. The first-order valence-corrected chi connectivity index (χ1v) is 7.10. The van der Waals surface area contributed by atoms with Gasteiger partial charge < -0.3 is 10.2 Å². The maximum atomic E-state index is 4.55. The molecule has 0 aromatic carbocycles. The molecule has 1 aliphatic carbocycles. The van der Waals surface area contributed by atoms with Crippen LogP contribution in [0.5, 0.6) is 0 Å². The van der Waals surface area contributed by atoms with Gasteiger partial charge in [-0.2, -0.15) is 0 Å². The third-order valence-corrected chi connectivity index (χ3v) is 3.84. The number of hydrogen-bond donors (Lipinski definition) is 1. The van der Waals surface area contributed by atoms with Gasteiger partial charge in [0.05, 0.1) is 0 Å². The van der Waals surface area contributed by atoms with Crippen molar-refractivity contribution in [3.63, 3.8) is 0 Å². The first kappa shape index (κ1) is 13.3. The molecular weight excluding hydrogens is 222 g/mol. The molecule has 0 spiro atoms. The number of pyridine rings is 1. The van der Waals surface area contributed by atoms with Gasteiger partial charge in [-0.3, -0.25) is 0 Å². The number of hydrogen-bond acceptors (Lipinski definition) is 3. The fraction of sp³-hybridized carbons (Fsp3) is 0.667. The first-order valence-electron chi connectivity index (χ1n) is 7.10. The Hall–Kier alpha value is -1.09. The van der Waals surface area contributed by atoms with Crippen LogP contribution in [0.15, 0.2) is 18.3 Å². The van der Waals surface area contributed by atoms with Gasteiger partial charge in [0, 0.05) is 26.3 Å². The molecule has 1 aromatic rings. The van der Waals surface area contributed by atoms with Crippen molar-refractivity contribution in [1.82, 2.24) is 10.3 Å². The van der Waals surface area contributed by atoms with Crippen molar-refractivity contribution >= 4 is 5.82 Å². The van der Waals surface area contributed by atoms with E-state index in [4.69, 9.17) is 0 Å². The van der Waals surface area contributed by atoms with Crippen LogP contribution < -0.4 is 10.2 Å². The Morgan fingerprint density at radius 2 is 2.06 bits per heavy atom. The van der Waals surface area contributed by atoms with Gasteiger partial charge in [-0.25, -0.2) is 4.98 Å². The molecule has 0 bridgehead atoms. The van der Waals surface area contributed by atoms with Crippen LogP contribution in [0.3, 0.4) is 0 Å². The van der Waals surface area contributed by atoms with Crippen LogP contribution in [0, 0.1) is 5.92 Å². The topological polar surface area (TPSA) is 28.2 Å². The maximum absolute atomic E-state index is 4.55. The summed E-state index contributed by atoms with van der Waals surface area (Å²) in [6, 6.07) is 4.30. The second kappa shape index (κ2) is 6.74. The molecule has 0 radical (unpaired) electrons. The number of nitrogens with zero attached hydrogens (tertiary/aromatic N) is 2. The van der Waals surface area contributed by atoms with E-state index in [-0.39, 0.29) is 0 Å². The van der Waals surface area contributed by atoms with Crippen molar-refractivity contribution in [2.24, 2.45) is 5.92 Å². The molecule has 0 saturated heterocycles. The van der Waals surface area contributed by atoms with Crippen molar-refractivity contribution in [3.05, 3.63) is 23.9 Å². The summed E-state index contributed by atoms with van der Waals surface area (Å²) in [7, 11) is 4.12. The summed E-state index contributed by atoms with van der Waals surface area (Å²) in [4.78, 5) is 6.85. The van der Waals surface area contributed by atoms with Crippen LogP contribution in [0.2, 0.25) is 0 Å². The molecule has 2 rings (SSSR count). The van der Waals surface area contributed by atoms with Crippen LogP contribution in [0.25, 0.3) is 0 Å². The Kier molecular flexibility index (Phi) is 5.00. The summed E-state index contributed by atoms with van der Waals surface area (Å²) in [6.45, 7) is 2.04. The molecule has 18 heavy (non-hydrogen) atoms. The molecule has 0 atom stereocenters. The number of anilines is 1. The average Bonchev–Trinajstić information content (AvgIpc) is 2.41. The van der Waals surface area contributed by atoms with Gasteiger partial charge in [0.2, 0.25) is 0 Å². The molecule has 3 heteroatoms. The normalized spacial score (nSPS) is 16.8. The van der Waals surface area contributed by atoms with Gasteiger partial charge >= 0.3 is 0 Å². The molecule has 1 saturated carbocycles. The molecule has 100 valence electrons. The molecule has 0 amide bonds. The Morgan fingerprint density at radius 1 is 1.28 bits per heavy atom. The van der Waals surface area contributed by atoms with Gasteiger partial charge in [0.25, 0.3) is 0 Å². The van der Waals surface area contributed by atoms with E-state index < -0.39 is 0 Å². The molecular formula is C15H25N3. The molecule has 0 aliphatic heterocycles. The Morgan fingerprint density at radius 3 is 2.67 bits per heavy atom. The Bertz CT molecular complexity index is 341. The third-order valence-electron chi connectivity index (χ3n) is 3.84. The van der Waals surface area contributed by atoms with E-state index >= 15 is 0 Å². The van der Waals surface area contributed by atoms with Crippen LogP contribution >= 0.6 is 0 Å². The molecule has 0 unspecified atom stereocenters. The van der Waals surface area contributed by atoms with Crippen LogP contribution in [0.1, 0.15) is 37.7 Å². The zero-order valence-corrected chi connectivity index (χ0v) is 11.7. The van der Waals surface area contributed by atoms with Crippen molar-refractivity contribution in [2.75, 3.05) is 25.5 Å². The quantitative estimate of drug-likeness (QED) is 0.867. The van der Waals surface area contributed by atoms with Crippen LogP contribution in [-0.2, 0) is 6.54 Å². The molecule has 1 N–H and O–H groups in total. The zero-order chi connectivity index (χ0) is 12.8. The van der Waals surface area contributed by atoms with E-state index in [9.17, 15) is 0 Å². The van der Waals surface area contributed by atoms with Gasteiger partial charge in [0.1, 0.15) is 5.82 Å². The lowest BCUT2D eigenvalue weighted by molar-refractivity contribution is 0.361. The number of nitrogens with one attached hydrogen (secondary N) is 1. The van der Waals surface area contributed by atoms with E-state index in [0.717, 1.165) is 24.8 Å². The van der Waals surface area contributed by atoms with Gasteiger partial charge in [0.15, 0.2) is 0 Å². The lowest BCUT2D eigenvalue weighted by atomic mass is 9.89. The first-order chi connectivity index (χ1) is 8.79. The van der Waals surface area contributed by atoms with E-state index in [1.54, 1.807) is 0 Å². The largest absolute Gasteiger partial charge is 0.359 e. The molecule has 1 aromatic heterocycles. The van der Waals surface area contributed by atoms with Gasteiger partial charge in [-0.05, 0) is 37.4 Å². The highest BCUT2D eigenvalue weighted by molar-refractivity contribution is 5.38. The highest BCUT2D eigenvalue weighted by Gasteiger charge is 2.15. The van der Waals surface area contributed by atoms with Crippen LogP contribution in [0.4, 0.5) is 5.82 Å². The van der Waals surface area contributed by atoms with Crippen molar-refractivity contribution in [2.45, 2.75) is 38.6 Å². The lowest BCUT2D eigenvalue weighted by Gasteiger charge is -2.27. The van der Waals surface area contributed by atoms with E-state index in [1.165, 1.54) is 37.7 Å². The second-order valence-corrected chi connectivity index (χ2v) is 5.44. The smallest absolute Gasteiger partial charge is 0.128 e. The lowest BCUT2D eigenvalue weighted by Crippen LogP contribution is -2.27. The molecule has 1 aliphatic rings. The van der Waals surface area contributed by atoms with Crippen molar-refractivity contribution in [3.8, 4) is 0 Å². The molecule has 1 heterocycles. The predicted octanol–water partition coefficient (Wildman–Crippen LogP) is 2.82. The summed E-state index contributed by atoms with van der Waals surface area (Å²) < 4.78 is 0. The highest BCUT2D eigenvalue weighted by Crippen LogP contribution is 2.25. The SMILES string of the molecule is CNCc1ccc(N(C)CC2CCCCC2)nc1. The third kappa shape index (κ3) is 3.70. The van der Waals surface area contributed by atoms with E-state index in [0.29, 0.717) is 0 Å². The predicted molar refractivity (Wildman–Crippen MR) is 76.8 cm³/mol. The monoisotopic (exact) mass is 247 g/mol. The summed E-state index contributed by atoms with van der Waals surface area (Å²) >= 11 is 0. The number of rotatable bonds is 5. The standard InChI is InChI=1S/C15H25N3/c1-16-10-14-8-9-15(17-11-14)18(2)12-13-6-4-3-5-7-13/h8-9,11,13,16H,3-7,10,12H2,1-2H3. The molecule has 1 fully saturated rings. The van der Waals surface area contributed by atoms with Crippen LogP contribution in [-0.4, -0.2) is 25.6 Å². The summed E-state index contributed by atoms with van der Waals surface area (Å²) in [5.41, 5.74) is 1.24. The fourth-order valence-electron chi connectivity index (χ4n) is 2.80. The Balaban J connectivity index is 1.89. The highest BCUT2D eigenvalue weighted by atomic mass is 15.2. The minimum absolute atomic E-state index is 0.863. The molecule has 3 nitrogen and oxygen atoms in total. The van der Waals surface area contributed by atoms with E-state index in [2.05, 4.69) is 34.4 Å². The van der Waals surface area contributed by atoms with E-state index in [1.807, 2.05) is 13.2 Å². The summed E-state index contributed by atoms with van der Waals surface area (Å²) in [6.07, 6.45) is 9.00. The van der Waals surface area contributed by atoms with Crippen molar-refractivity contribution in [1.29, 1.82) is 0 Å². The second-order valence-electron chi connectivity index (χ2n) is 5.44.